The van der Waals surface area contributed by atoms with E-state index in [0.29, 0.717) is 0 Å². The van der Waals surface area contributed by atoms with Gasteiger partial charge in [-0.15, -0.1) is 0 Å². The van der Waals surface area contributed by atoms with E-state index in [1.54, 1.807) is 0 Å². The van der Waals surface area contributed by atoms with E-state index in [1.807, 2.05) is 0 Å². The molecule has 1 aliphatic heterocycles. The molecule has 1 nitrogen and oxygen atoms in total. The Labute approximate surface area is 98.6 Å². The van der Waals surface area contributed by atoms with Crippen molar-refractivity contribution in [2.24, 2.45) is 0 Å². The van der Waals surface area contributed by atoms with Crippen LogP contribution in [0.3, 0.4) is 0 Å². The van der Waals surface area contributed by atoms with Gasteiger partial charge in [0.15, 0.2) is 0 Å². The van der Waals surface area contributed by atoms with Crippen molar-refractivity contribution in [1.29, 1.82) is 0 Å². The van der Waals surface area contributed by atoms with Crippen molar-refractivity contribution in [1.82, 2.24) is 4.90 Å². The largest absolute Gasteiger partial charge is 0.305 e. The second-order valence-corrected chi connectivity index (χ2v) is 5.10. The Balaban J connectivity index is 2.79. The number of likely N-dealkylation sites (tertiary alicyclic amines) is 1. The first-order chi connectivity index (χ1) is 6.87. The quantitative estimate of drug-likeness (QED) is 0.621. The van der Waals surface area contributed by atoms with Gasteiger partial charge in [0, 0.05) is 5.54 Å². The monoisotopic (exact) mass is 199 g/mol. The fraction of sp³-hybridized carbons (Fsp3) is 1.00. The molecular weight excluding hydrogens is 179 g/mol. The summed E-state index contributed by atoms with van der Waals surface area (Å²) in [6, 6.07) is 0. The molecule has 2 atom stereocenters. The Kier molecular flexibility index (Phi) is 4.03. The Morgan fingerprint density at radius 2 is 2.00 bits per heavy atom. The zero-order chi connectivity index (χ0) is 11.7. The van der Waals surface area contributed by atoms with E-state index in [1.165, 1.54) is 0 Å². The summed E-state index contributed by atoms with van der Waals surface area (Å²) in [6.45, 7) is 7.58. The lowest BCUT2D eigenvalue weighted by Gasteiger charge is -2.44. The van der Waals surface area contributed by atoms with Crippen molar-refractivity contribution in [3.63, 3.8) is 0 Å². The van der Waals surface area contributed by atoms with Gasteiger partial charge in [0.25, 0.3) is 0 Å². The van der Waals surface area contributed by atoms with Gasteiger partial charge in [0.05, 0.1) is 23.5 Å². The highest BCUT2D eigenvalue weighted by atomic mass is 15.2. The molecule has 0 aromatic carbocycles. The summed E-state index contributed by atoms with van der Waals surface area (Å²) in [6.07, 6.45) is 4.18. The molecule has 1 fully saturated rings. The topological polar surface area (TPSA) is 3.24 Å². The van der Waals surface area contributed by atoms with Gasteiger partial charge < -0.3 is 4.90 Å². The minimum absolute atomic E-state index is 0.147. The van der Waals surface area contributed by atoms with Crippen LogP contribution in [0, 0.1) is 0 Å². The van der Waals surface area contributed by atoms with Crippen molar-refractivity contribution in [2.45, 2.75) is 63.1 Å². The average molecular weight is 199 g/mol. The second kappa shape index (κ2) is 4.57. The minimum atomic E-state index is -0.718. The summed E-state index contributed by atoms with van der Waals surface area (Å²) in [5, 5.41) is -0.718. The van der Waals surface area contributed by atoms with E-state index < -0.39 is 5.21 Å². The second-order valence-electron chi connectivity index (χ2n) is 5.10. The Hall–Kier alpha value is 0.155. The predicted octanol–water partition coefficient (Wildman–Crippen LogP) is 1.61. The lowest BCUT2D eigenvalue weighted by molar-refractivity contribution is 0.103. The molecule has 15 heavy (non-hydrogen) atoms. The van der Waals surface area contributed by atoms with Crippen LogP contribution in [0.25, 0.3) is 0 Å². The molecule has 1 rings (SSSR count). The molecule has 0 aromatic rings. The van der Waals surface area contributed by atoms with Crippen LogP contribution in [-0.2, 0) is 0 Å². The van der Waals surface area contributed by atoms with Crippen molar-refractivity contribution in [2.75, 3.05) is 6.54 Å². The standard InChI is InChI=1S/C11H20B3N/c1-4-6-10(3,5-2)15-8-7-11(13,14)9(15)12/h9H,4-8H2,1-3H3. The van der Waals surface area contributed by atoms with Crippen LogP contribution >= 0.6 is 0 Å². The average Bonchev–Trinajstić information content (AvgIpc) is 2.43. The van der Waals surface area contributed by atoms with E-state index in [4.69, 9.17) is 23.5 Å². The zero-order valence-electron chi connectivity index (χ0n) is 10.3. The normalized spacial score (nSPS) is 30.2. The minimum Gasteiger partial charge on any atom is -0.305 e. The first-order valence-corrected chi connectivity index (χ1v) is 5.97. The summed E-state index contributed by atoms with van der Waals surface area (Å²) < 4.78 is 0. The molecule has 0 aliphatic carbocycles. The SMILES string of the molecule is [B]C1N(C(C)(CC)CCC)CCC1([B])[B]. The van der Waals surface area contributed by atoms with E-state index in [2.05, 4.69) is 25.7 Å². The number of rotatable bonds is 4. The molecule has 0 spiro atoms. The van der Waals surface area contributed by atoms with Gasteiger partial charge in [-0.1, -0.05) is 25.5 Å². The molecule has 6 radical (unpaired) electrons. The third-order valence-corrected chi connectivity index (χ3v) is 3.92. The van der Waals surface area contributed by atoms with E-state index >= 15 is 0 Å². The summed E-state index contributed by atoms with van der Waals surface area (Å²) in [4.78, 5) is 2.29. The summed E-state index contributed by atoms with van der Waals surface area (Å²) >= 11 is 0. The van der Waals surface area contributed by atoms with Gasteiger partial charge in [0.2, 0.25) is 0 Å². The highest BCUT2D eigenvalue weighted by Crippen LogP contribution is 2.41. The molecule has 0 bridgehead atoms. The Bertz CT molecular complexity index is 220. The van der Waals surface area contributed by atoms with Crippen LogP contribution in [0.4, 0.5) is 0 Å². The zero-order valence-corrected chi connectivity index (χ0v) is 10.3. The van der Waals surface area contributed by atoms with Gasteiger partial charge in [-0.05, 0) is 38.7 Å². The molecule has 0 N–H and O–H groups in total. The third kappa shape index (κ3) is 2.46. The van der Waals surface area contributed by atoms with Crippen molar-refractivity contribution < 1.29 is 0 Å². The fourth-order valence-electron chi connectivity index (χ4n) is 2.56. The van der Waals surface area contributed by atoms with Gasteiger partial charge >= 0.3 is 0 Å². The molecule has 1 heterocycles. The lowest BCUT2D eigenvalue weighted by atomic mass is 9.46. The maximum absolute atomic E-state index is 6.12. The van der Waals surface area contributed by atoms with Gasteiger partial charge in [0.1, 0.15) is 0 Å². The molecule has 1 aliphatic rings. The molecule has 1 saturated heterocycles. The number of hydrogen-bond acceptors (Lipinski definition) is 1. The summed E-state index contributed by atoms with van der Waals surface area (Å²) in [5.41, 5.74) is 0.147. The van der Waals surface area contributed by atoms with Crippen molar-refractivity contribution in [3.05, 3.63) is 0 Å². The number of nitrogens with zero attached hydrogens (tertiary/aromatic N) is 1. The molecule has 78 valence electrons. The van der Waals surface area contributed by atoms with E-state index in [0.717, 1.165) is 32.2 Å². The fourth-order valence-corrected chi connectivity index (χ4v) is 2.56. The molecular formula is C11H20B3N. The van der Waals surface area contributed by atoms with Crippen LogP contribution in [0.5, 0.6) is 0 Å². The maximum Gasteiger partial charge on any atom is 0.0898 e. The van der Waals surface area contributed by atoms with E-state index in [-0.39, 0.29) is 11.5 Å². The van der Waals surface area contributed by atoms with Gasteiger partial charge in [-0.3, -0.25) is 0 Å². The smallest absolute Gasteiger partial charge is 0.0898 e. The molecule has 2 unspecified atom stereocenters. The highest BCUT2D eigenvalue weighted by Gasteiger charge is 2.42. The first-order valence-electron chi connectivity index (χ1n) is 5.97. The van der Waals surface area contributed by atoms with Gasteiger partial charge in [-0.2, -0.15) is 0 Å². The first kappa shape index (κ1) is 13.2. The van der Waals surface area contributed by atoms with Crippen LogP contribution in [0.2, 0.25) is 5.21 Å². The number of hydrogen-bond donors (Lipinski definition) is 0. The van der Waals surface area contributed by atoms with Crippen LogP contribution < -0.4 is 0 Å². The highest BCUT2D eigenvalue weighted by molar-refractivity contribution is 6.44. The van der Waals surface area contributed by atoms with Crippen molar-refractivity contribution in [3.8, 4) is 0 Å². The summed E-state index contributed by atoms with van der Waals surface area (Å²) in [7, 11) is 18.1. The van der Waals surface area contributed by atoms with E-state index in [9.17, 15) is 0 Å². The Morgan fingerprint density at radius 1 is 1.40 bits per heavy atom. The van der Waals surface area contributed by atoms with Gasteiger partial charge in [-0.25, -0.2) is 0 Å². The van der Waals surface area contributed by atoms with Crippen molar-refractivity contribution >= 4 is 23.5 Å². The molecule has 4 heteroatoms. The van der Waals surface area contributed by atoms with Crippen LogP contribution in [-0.4, -0.2) is 46.5 Å². The molecule has 0 saturated carbocycles. The lowest BCUT2D eigenvalue weighted by Crippen LogP contribution is -2.51. The molecule has 0 aromatic heterocycles. The van der Waals surface area contributed by atoms with Crippen LogP contribution in [0.15, 0.2) is 0 Å². The summed E-state index contributed by atoms with van der Waals surface area (Å²) in [5.74, 6) is -0.214. The van der Waals surface area contributed by atoms with Crippen LogP contribution in [0.1, 0.15) is 46.5 Å². The maximum atomic E-state index is 6.12. The predicted molar refractivity (Wildman–Crippen MR) is 68.7 cm³/mol. The Morgan fingerprint density at radius 3 is 2.33 bits per heavy atom. The molecule has 0 amide bonds. The third-order valence-electron chi connectivity index (χ3n) is 3.92.